The molecule has 0 radical (unpaired) electrons. The smallest absolute Gasteiger partial charge is 0.405 e. The van der Waals surface area contributed by atoms with Gasteiger partial charge in [-0.15, -0.1) is 6.42 Å². The summed E-state index contributed by atoms with van der Waals surface area (Å²) >= 11 is 0. The number of rotatable bonds is 11. The van der Waals surface area contributed by atoms with Gasteiger partial charge >= 0.3 is 12.1 Å². The highest BCUT2D eigenvalue weighted by Gasteiger charge is 2.22. The van der Waals surface area contributed by atoms with Crippen molar-refractivity contribution in [1.82, 2.24) is 5.32 Å². The summed E-state index contributed by atoms with van der Waals surface area (Å²) in [7, 11) is 0. The highest BCUT2D eigenvalue weighted by Crippen LogP contribution is 2.18. The molecule has 7 N–H and O–H groups in total. The largest absolute Gasteiger partial charge is 0.436 e. The van der Waals surface area contributed by atoms with Crippen LogP contribution in [0.1, 0.15) is 24.0 Å². The average molecular weight is 392 g/mol. The molecule has 0 saturated carbocycles. The van der Waals surface area contributed by atoms with E-state index in [0.717, 1.165) is 0 Å². The molecular weight excluding hydrogens is 368 g/mol. The Kier molecular flexibility index (Phi) is 9.88. The van der Waals surface area contributed by atoms with E-state index in [-0.39, 0.29) is 32.8 Å². The Labute approximate surface area is 162 Å². The normalized spacial score (nSPS) is 11.1. The van der Waals surface area contributed by atoms with E-state index in [4.69, 9.17) is 27.4 Å². The maximum absolute atomic E-state index is 12.4. The maximum Gasteiger partial charge on any atom is 0.405 e. The van der Waals surface area contributed by atoms with Gasteiger partial charge in [-0.05, 0) is 36.1 Å². The Hall–Kier alpha value is -3.29. The third-order valence-corrected chi connectivity index (χ3v) is 3.58. The number of terminal acetylenes is 1. The lowest BCUT2D eigenvalue weighted by Gasteiger charge is -2.17. The second-order valence-corrected chi connectivity index (χ2v) is 5.69. The number of amides is 4. The number of aliphatic hydroxyl groups is 1. The minimum Gasteiger partial charge on any atom is -0.436 e. The number of nitrogens with two attached hydrogens (primary N) is 2. The van der Waals surface area contributed by atoms with Crippen molar-refractivity contribution in [1.29, 1.82) is 0 Å². The molecule has 1 atom stereocenters. The van der Waals surface area contributed by atoms with E-state index in [9.17, 15) is 19.5 Å². The van der Waals surface area contributed by atoms with E-state index in [1.807, 2.05) is 0 Å². The topological polar surface area (TPSA) is 166 Å². The third-order valence-electron chi connectivity index (χ3n) is 3.58. The van der Waals surface area contributed by atoms with Gasteiger partial charge in [-0.3, -0.25) is 4.79 Å². The molecule has 152 valence electrons. The summed E-state index contributed by atoms with van der Waals surface area (Å²) in [6.07, 6.45) is 3.36. The molecule has 1 aromatic rings. The first kappa shape index (κ1) is 22.8. The zero-order valence-electron chi connectivity index (χ0n) is 15.3. The molecule has 1 unspecified atom stereocenters. The molecule has 0 aliphatic rings. The van der Waals surface area contributed by atoms with Crippen LogP contribution in [-0.2, 0) is 27.5 Å². The van der Waals surface area contributed by atoms with E-state index in [1.165, 1.54) is 0 Å². The SMILES string of the molecule is C#CCOCc1cc(NC(=O)C(CCCNC(N)=O)OC(N)=O)ccc1CO. The lowest BCUT2D eigenvalue weighted by atomic mass is 10.1. The summed E-state index contributed by atoms with van der Waals surface area (Å²) in [4.78, 5) is 34.2. The molecule has 10 heteroatoms. The Morgan fingerprint density at radius 2 is 2.00 bits per heavy atom. The van der Waals surface area contributed by atoms with Crippen molar-refractivity contribution in [2.45, 2.75) is 32.2 Å². The molecule has 28 heavy (non-hydrogen) atoms. The molecule has 0 bridgehead atoms. The lowest BCUT2D eigenvalue weighted by Crippen LogP contribution is -2.36. The van der Waals surface area contributed by atoms with E-state index in [2.05, 4.69) is 16.6 Å². The van der Waals surface area contributed by atoms with Crippen LogP contribution in [0.3, 0.4) is 0 Å². The number of anilines is 1. The molecule has 0 aliphatic heterocycles. The summed E-state index contributed by atoms with van der Waals surface area (Å²) in [5, 5.41) is 14.4. The summed E-state index contributed by atoms with van der Waals surface area (Å²) in [6.45, 7) is 0.269. The lowest BCUT2D eigenvalue weighted by molar-refractivity contribution is -0.124. The van der Waals surface area contributed by atoms with Crippen LogP contribution in [0.2, 0.25) is 0 Å². The molecular formula is C18H24N4O6. The van der Waals surface area contributed by atoms with Gasteiger partial charge in [0.1, 0.15) is 6.61 Å². The average Bonchev–Trinajstić information content (AvgIpc) is 2.64. The second-order valence-electron chi connectivity index (χ2n) is 5.69. The fourth-order valence-corrected chi connectivity index (χ4v) is 2.32. The van der Waals surface area contributed by atoms with Crippen molar-refractivity contribution < 1.29 is 29.0 Å². The predicted octanol–water partition coefficient (Wildman–Crippen LogP) is 0.180. The fourth-order valence-electron chi connectivity index (χ4n) is 2.32. The number of benzene rings is 1. The Balaban J connectivity index is 2.79. The van der Waals surface area contributed by atoms with Crippen LogP contribution in [0.25, 0.3) is 0 Å². The van der Waals surface area contributed by atoms with E-state index >= 15 is 0 Å². The van der Waals surface area contributed by atoms with Crippen LogP contribution in [0.5, 0.6) is 0 Å². The van der Waals surface area contributed by atoms with Crippen LogP contribution in [0, 0.1) is 12.3 Å². The van der Waals surface area contributed by atoms with Crippen molar-refractivity contribution in [2.24, 2.45) is 11.5 Å². The maximum atomic E-state index is 12.4. The summed E-state index contributed by atoms with van der Waals surface area (Å²) in [5.41, 5.74) is 11.7. The minimum absolute atomic E-state index is 0.106. The first-order chi connectivity index (χ1) is 13.4. The molecule has 10 nitrogen and oxygen atoms in total. The number of ether oxygens (including phenoxy) is 2. The first-order valence-corrected chi connectivity index (χ1v) is 8.41. The summed E-state index contributed by atoms with van der Waals surface area (Å²) < 4.78 is 10.1. The Bertz CT molecular complexity index is 731. The van der Waals surface area contributed by atoms with Gasteiger partial charge in [0.25, 0.3) is 5.91 Å². The van der Waals surface area contributed by atoms with Crippen LogP contribution in [-0.4, -0.2) is 42.4 Å². The molecule has 0 spiro atoms. The van der Waals surface area contributed by atoms with Crippen LogP contribution >= 0.6 is 0 Å². The van der Waals surface area contributed by atoms with Gasteiger partial charge in [0.15, 0.2) is 6.10 Å². The Morgan fingerprint density at radius 1 is 1.25 bits per heavy atom. The molecule has 1 rings (SSSR count). The van der Waals surface area contributed by atoms with Gasteiger partial charge in [0.2, 0.25) is 0 Å². The summed E-state index contributed by atoms with van der Waals surface area (Å²) in [6, 6.07) is 4.14. The van der Waals surface area contributed by atoms with Crippen molar-refractivity contribution >= 4 is 23.7 Å². The zero-order valence-corrected chi connectivity index (χ0v) is 15.3. The number of carbonyl (C=O) groups excluding carboxylic acids is 3. The molecule has 0 saturated heterocycles. The zero-order chi connectivity index (χ0) is 20.9. The number of nitrogens with one attached hydrogen (secondary N) is 2. The van der Waals surface area contributed by atoms with Gasteiger partial charge in [-0.1, -0.05) is 12.0 Å². The summed E-state index contributed by atoms with van der Waals surface area (Å²) in [5.74, 6) is 1.75. The number of hydrogen-bond acceptors (Lipinski definition) is 6. The van der Waals surface area contributed by atoms with Gasteiger partial charge in [0.05, 0.1) is 13.2 Å². The number of aliphatic hydroxyl groups excluding tert-OH is 1. The number of hydrogen-bond donors (Lipinski definition) is 5. The van der Waals surface area contributed by atoms with Crippen molar-refractivity contribution in [3.8, 4) is 12.3 Å². The molecule has 1 aromatic carbocycles. The van der Waals surface area contributed by atoms with E-state index < -0.39 is 24.1 Å². The van der Waals surface area contributed by atoms with Crippen molar-refractivity contribution in [3.63, 3.8) is 0 Å². The number of carbonyl (C=O) groups is 3. The predicted molar refractivity (Wildman–Crippen MR) is 101 cm³/mol. The van der Waals surface area contributed by atoms with Gasteiger partial charge in [0, 0.05) is 12.2 Å². The minimum atomic E-state index is -1.15. The van der Waals surface area contributed by atoms with Gasteiger partial charge in [-0.25, -0.2) is 9.59 Å². The third kappa shape index (κ3) is 8.39. The van der Waals surface area contributed by atoms with Gasteiger partial charge < -0.3 is 36.7 Å². The highest BCUT2D eigenvalue weighted by atomic mass is 16.6. The van der Waals surface area contributed by atoms with Crippen molar-refractivity contribution in [2.75, 3.05) is 18.5 Å². The molecule has 0 aromatic heterocycles. The van der Waals surface area contributed by atoms with Crippen molar-refractivity contribution in [3.05, 3.63) is 29.3 Å². The van der Waals surface area contributed by atoms with Gasteiger partial charge in [-0.2, -0.15) is 0 Å². The van der Waals surface area contributed by atoms with E-state index in [1.54, 1.807) is 18.2 Å². The molecule has 4 amide bonds. The molecule has 0 fully saturated rings. The molecule has 0 heterocycles. The second kappa shape index (κ2) is 12.2. The first-order valence-electron chi connectivity index (χ1n) is 8.41. The van der Waals surface area contributed by atoms with Crippen LogP contribution < -0.4 is 22.1 Å². The highest BCUT2D eigenvalue weighted by molar-refractivity contribution is 5.95. The number of primary amides is 2. The standard InChI is InChI=1S/C18H24N4O6/c1-2-8-27-11-13-9-14(6-5-12(13)10-23)22-16(24)15(28-18(20)26)4-3-7-21-17(19)25/h1,5-6,9,15,23H,3-4,7-8,10-11H2,(H2,20,26)(H,22,24)(H3,19,21,25). The van der Waals surface area contributed by atoms with E-state index in [0.29, 0.717) is 23.2 Å². The monoisotopic (exact) mass is 392 g/mol. The molecule has 0 aliphatic carbocycles. The quantitative estimate of drug-likeness (QED) is 0.266. The van der Waals surface area contributed by atoms with Crippen LogP contribution in [0.4, 0.5) is 15.3 Å². The van der Waals surface area contributed by atoms with Crippen LogP contribution in [0.15, 0.2) is 18.2 Å². The number of urea groups is 1. The Morgan fingerprint density at radius 3 is 2.61 bits per heavy atom. The fraction of sp³-hybridized carbons (Fsp3) is 0.389.